The third-order valence-electron chi connectivity index (χ3n) is 2.66. The van der Waals surface area contributed by atoms with E-state index < -0.39 is 6.04 Å². The molecule has 0 saturated carbocycles. The molecular formula is C13H18Cl2N2O. The van der Waals surface area contributed by atoms with E-state index in [1.807, 2.05) is 26.8 Å². The highest BCUT2D eigenvalue weighted by Crippen LogP contribution is 2.23. The molecule has 0 aliphatic rings. The molecule has 1 unspecified atom stereocenters. The third kappa shape index (κ3) is 4.16. The number of carbonyl (C=O) groups excluding carboxylic acids is 1. The first-order valence-electron chi connectivity index (χ1n) is 5.68. The summed E-state index contributed by atoms with van der Waals surface area (Å²) < 4.78 is 0. The molecule has 0 spiro atoms. The van der Waals surface area contributed by atoms with Gasteiger partial charge in [-0.2, -0.15) is 0 Å². The summed E-state index contributed by atoms with van der Waals surface area (Å²) in [5, 5.41) is 4.30. The Morgan fingerprint density at radius 3 is 2.44 bits per heavy atom. The van der Waals surface area contributed by atoms with Gasteiger partial charge in [-0.1, -0.05) is 50.0 Å². The first-order valence-corrected chi connectivity index (χ1v) is 6.44. The molecule has 0 aromatic heterocycles. The molecule has 0 heterocycles. The van der Waals surface area contributed by atoms with Gasteiger partial charge in [-0.05, 0) is 23.1 Å². The number of nitrogens with two attached hydrogens (primary N) is 1. The molecule has 5 heteroatoms. The second-order valence-corrected chi connectivity index (χ2v) is 6.16. The Morgan fingerprint density at radius 2 is 2.00 bits per heavy atom. The van der Waals surface area contributed by atoms with Gasteiger partial charge in [0, 0.05) is 16.6 Å². The fourth-order valence-electron chi connectivity index (χ4n) is 1.71. The van der Waals surface area contributed by atoms with Crippen LogP contribution >= 0.6 is 23.2 Å². The van der Waals surface area contributed by atoms with Gasteiger partial charge >= 0.3 is 0 Å². The van der Waals surface area contributed by atoms with Crippen LogP contribution in [0.5, 0.6) is 0 Å². The van der Waals surface area contributed by atoms with Crippen LogP contribution in [0.1, 0.15) is 26.3 Å². The summed E-state index contributed by atoms with van der Waals surface area (Å²) in [6, 6.07) is 4.86. The lowest BCUT2D eigenvalue weighted by atomic mass is 9.86. The number of hydrogen-bond donors (Lipinski definition) is 2. The number of nitrogens with one attached hydrogen (secondary N) is 1. The van der Waals surface area contributed by atoms with Crippen LogP contribution < -0.4 is 11.1 Å². The van der Waals surface area contributed by atoms with Crippen LogP contribution in [0.2, 0.25) is 10.0 Å². The molecule has 3 nitrogen and oxygen atoms in total. The summed E-state index contributed by atoms with van der Waals surface area (Å²) in [5.41, 5.74) is 6.03. The largest absolute Gasteiger partial charge is 0.368 e. The monoisotopic (exact) mass is 288 g/mol. The summed E-state index contributed by atoms with van der Waals surface area (Å²) >= 11 is 11.9. The maximum absolute atomic E-state index is 11.4. The second-order valence-electron chi connectivity index (χ2n) is 5.32. The van der Waals surface area contributed by atoms with E-state index in [4.69, 9.17) is 28.9 Å². The maximum atomic E-state index is 11.4. The number of hydrogen-bond acceptors (Lipinski definition) is 2. The van der Waals surface area contributed by atoms with Crippen molar-refractivity contribution in [3.05, 3.63) is 33.8 Å². The molecule has 18 heavy (non-hydrogen) atoms. The minimum Gasteiger partial charge on any atom is -0.368 e. The van der Waals surface area contributed by atoms with E-state index in [2.05, 4.69) is 5.32 Å². The number of benzene rings is 1. The van der Waals surface area contributed by atoms with Crippen molar-refractivity contribution < 1.29 is 4.79 Å². The molecule has 0 fully saturated rings. The molecule has 0 bridgehead atoms. The van der Waals surface area contributed by atoms with Crippen molar-refractivity contribution in [3.63, 3.8) is 0 Å². The lowest BCUT2D eigenvalue weighted by Crippen LogP contribution is -2.49. The molecule has 1 aromatic carbocycles. The molecule has 0 saturated heterocycles. The van der Waals surface area contributed by atoms with Crippen molar-refractivity contribution >= 4 is 29.1 Å². The minimum absolute atomic E-state index is 0.245. The highest BCUT2D eigenvalue weighted by Gasteiger charge is 2.29. The SMILES string of the molecule is CC(C)(C)C(NCc1ccc(Cl)cc1Cl)C(N)=O. The summed E-state index contributed by atoms with van der Waals surface area (Å²) in [6.45, 7) is 6.34. The molecular weight excluding hydrogens is 271 g/mol. The van der Waals surface area contributed by atoms with Crippen LogP contribution in [0.4, 0.5) is 0 Å². The zero-order chi connectivity index (χ0) is 13.9. The van der Waals surface area contributed by atoms with E-state index >= 15 is 0 Å². The Hall–Kier alpha value is -0.770. The Labute approximate surface area is 118 Å². The highest BCUT2D eigenvalue weighted by molar-refractivity contribution is 6.35. The smallest absolute Gasteiger partial charge is 0.235 e. The fraction of sp³-hybridized carbons (Fsp3) is 0.462. The van der Waals surface area contributed by atoms with Gasteiger partial charge < -0.3 is 11.1 Å². The Morgan fingerprint density at radius 1 is 1.39 bits per heavy atom. The van der Waals surface area contributed by atoms with Crippen LogP contribution in [0, 0.1) is 5.41 Å². The molecule has 0 aliphatic heterocycles. The Balaban J connectivity index is 2.77. The molecule has 3 N–H and O–H groups in total. The van der Waals surface area contributed by atoms with Gasteiger partial charge in [-0.3, -0.25) is 4.79 Å². The molecule has 0 radical (unpaired) electrons. The lowest BCUT2D eigenvalue weighted by molar-refractivity contribution is -0.122. The lowest BCUT2D eigenvalue weighted by Gasteiger charge is -2.29. The van der Waals surface area contributed by atoms with Crippen molar-refractivity contribution in [1.29, 1.82) is 0 Å². The van der Waals surface area contributed by atoms with Gasteiger partial charge in [0.05, 0.1) is 6.04 Å². The van der Waals surface area contributed by atoms with Crippen molar-refractivity contribution in [2.75, 3.05) is 0 Å². The predicted octanol–water partition coefficient (Wildman–Crippen LogP) is 2.98. The van der Waals surface area contributed by atoms with Gasteiger partial charge in [0.2, 0.25) is 5.91 Å². The number of halogens is 2. The van der Waals surface area contributed by atoms with Crippen molar-refractivity contribution in [2.24, 2.45) is 11.1 Å². The van der Waals surface area contributed by atoms with Crippen molar-refractivity contribution in [1.82, 2.24) is 5.32 Å². The van der Waals surface area contributed by atoms with Crippen LogP contribution in [-0.2, 0) is 11.3 Å². The van der Waals surface area contributed by atoms with E-state index in [0.717, 1.165) is 5.56 Å². The maximum Gasteiger partial charge on any atom is 0.235 e. The summed E-state index contributed by atoms with van der Waals surface area (Å²) in [7, 11) is 0. The zero-order valence-corrected chi connectivity index (χ0v) is 12.3. The first-order chi connectivity index (χ1) is 8.21. The fourth-order valence-corrected chi connectivity index (χ4v) is 2.19. The second kappa shape index (κ2) is 5.91. The highest BCUT2D eigenvalue weighted by atomic mass is 35.5. The molecule has 1 amide bonds. The summed E-state index contributed by atoms with van der Waals surface area (Å²) in [4.78, 5) is 11.4. The van der Waals surface area contributed by atoms with E-state index in [0.29, 0.717) is 16.6 Å². The van der Waals surface area contributed by atoms with Crippen molar-refractivity contribution in [3.8, 4) is 0 Å². The Kier molecular flexibility index (Phi) is 5.02. The molecule has 100 valence electrons. The van der Waals surface area contributed by atoms with Crippen LogP contribution in [0.3, 0.4) is 0 Å². The van der Waals surface area contributed by atoms with Gasteiger partial charge in [0.15, 0.2) is 0 Å². The van der Waals surface area contributed by atoms with Gasteiger partial charge in [-0.25, -0.2) is 0 Å². The first kappa shape index (κ1) is 15.3. The number of primary amides is 1. The summed E-state index contributed by atoms with van der Waals surface area (Å²) in [5.74, 6) is -0.368. The Bertz CT molecular complexity index is 441. The molecule has 1 atom stereocenters. The van der Waals surface area contributed by atoms with E-state index in [1.165, 1.54) is 0 Å². The minimum atomic E-state index is -0.413. The molecule has 1 aromatic rings. The van der Waals surface area contributed by atoms with Crippen LogP contribution in [0.15, 0.2) is 18.2 Å². The predicted molar refractivity (Wildman–Crippen MR) is 75.7 cm³/mol. The standard InChI is InChI=1S/C13H18Cl2N2O/c1-13(2,3)11(12(16)18)17-7-8-4-5-9(14)6-10(8)15/h4-6,11,17H,7H2,1-3H3,(H2,16,18). The normalized spacial score (nSPS) is 13.4. The van der Waals surface area contributed by atoms with Crippen molar-refractivity contribution in [2.45, 2.75) is 33.4 Å². The average Bonchev–Trinajstić information content (AvgIpc) is 2.18. The van der Waals surface area contributed by atoms with E-state index in [9.17, 15) is 4.79 Å². The number of amides is 1. The quantitative estimate of drug-likeness (QED) is 0.895. The van der Waals surface area contributed by atoms with Gasteiger partial charge in [0.25, 0.3) is 0 Å². The van der Waals surface area contributed by atoms with Gasteiger partial charge in [-0.15, -0.1) is 0 Å². The van der Waals surface area contributed by atoms with Crippen LogP contribution in [0.25, 0.3) is 0 Å². The average molecular weight is 289 g/mol. The molecule has 1 rings (SSSR count). The topological polar surface area (TPSA) is 55.1 Å². The van der Waals surface area contributed by atoms with E-state index in [-0.39, 0.29) is 11.3 Å². The number of rotatable bonds is 4. The van der Waals surface area contributed by atoms with Crippen LogP contribution in [-0.4, -0.2) is 11.9 Å². The molecule has 0 aliphatic carbocycles. The van der Waals surface area contributed by atoms with E-state index in [1.54, 1.807) is 12.1 Å². The summed E-state index contributed by atoms with van der Waals surface area (Å²) in [6.07, 6.45) is 0. The third-order valence-corrected chi connectivity index (χ3v) is 3.25. The van der Waals surface area contributed by atoms with Gasteiger partial charge in [0.1, 0.15) is 0 Å². The zero-order valence-electron chi connectivity index (χ0n) is 10.8. The number of carbonyl (C=O) groups is 1.